The van der Waals surface area contributed by atoms with E-state index in [0.717, 1.165) is 11.4 Å². The van der Waals surface area contributed by atoms with Gasteiger partial charge in [0.2, 0.25) is 0 Å². The van der Waals surface area contributed by atoms with Gasteiger partial charge in [0.15, 0.2) is 0 Å². The zero-order valence-corrected chi connectivity index (χ0v) is 7.76. The van der Waals surface area contributed by atoms with Crippen molar-refractivity contribution in [2.45, 2.75) is 6.92 Å². The fourth-order valence-corrected chi connectivity index (χ4v) is 1.01. The Labute approximate surface area is 73.1 Å². The van der Waals surface area contributed by atoms with Crippen LogP contribution in [0, 0.1) is 6.92 Å². The third-order valence-corrected chi connectivity index (χ3v) is 1.55. The Balaban J connectivity index is 2.90. The van der Waals surface area contributed by atoms with Crippen LogP contribution in [0.3, 0.4) is 0 Å². The van der Waals surface area contributed by atoms with Gasteiger partial charge in [0.1, 0.15) is 0 Å². The van der Waals surface area contributed by atoms with E-state index >= 15 is 0 Å². The van der Waals surface area contributed by atoms with Crippen molar-refractivity contribution in [3.8, 4) is 0 Å². The number of nitrogens with one attached hydrogen (secondary N) is 1. The van der Waals surface area contributed by atoms with E-state index in [1.165, 1.54) is 5.56 Å². The van der Waals surface area contributed by atoms with E-state index in [-0.39, 0.29) is 0 Å². The average molecular weight is 165 g/mol. The molecule has 0 spiro atoms. The summed E-state index contributed by atoms with van der Waals surface area (Å²) in [5.41, 5.74) is 11.8. The van der Waals surface area contributed by atoms with Crippen LogP contribution in [0.1, 0.15) is 5.56 Å². The molecule has 0 aliphatic rings. The SMILES string of the molecule is Cc1ccc(N)c(NN(C)C)c1. The molecule has 0 radical (unpaired) electrons. The summed E-state index contributed by atoms with van der Waals surface area (Å²) in [6.45, 7) is 2.04. The second-order valence-electron chi connectivity index (χ2n) is 3.10. The Hall–Kier alpha value is -1.22. The number of nitrogens with zero attached hydrogens (tertiary/aromatic N) is 1. The molecule has 0 aliphatic heterocycles. The number of hydrogen-bond acceptors (Lipinski definition) is 3. The molecule has 0 saturated carbocycles. The maximum absolute atomic E-state index is 5.75. The number of aryl methyl sites for hydroxylation is 1. The van der Waals surface area contributed by atoms with Crippen LogP contribution in [-0.2, 0) is 0 Å². The van der Waals surface area contributed by atoms with Crippen molar-refractivity contribution in [3.63, 3.8) is 0 Å². The van der Waals surface area contributed by atoms with E-state index in [1.54, 1.807) is 0 Å². The summed E-state index contributed by atoms with van der Waals surface area (Å²) in [5, 5.41) is 1.87. The minimum Gasteiger partial charge on any atom is -0.397 e. The van der Waals surface area contributed by atoms with Gasteiger partial charge in [-0.2, -0.15) is 0 Å². The number of rotatable bonds is 2. The smallest absolute Gasteiger partial charge is 0.0722 e. The van der Waals surface area contributed by atoms with Crippen LogP contribution >= 0.6 is 0 Å². The minimum absolute atomic E-state index is 0.773. The lowest BCUT2D eigenvalue weighted by Gasteiger charge is -2.15. The first kappa shape index (κ1) is 8.87. The lowest BCUT2D eigenvalue weighted by atomic mass is 10.2. The maximum atomic E-state index is 5.75. The number of benzene rings is 1. The van der Waals surface area contributed by atoms with Gasteiger partial charge in [-0.25, -0.2) is 5.01 Å². The van der Waals surface area contributed by atoms with Crippen LogP contribution in [0.15, 0.2) is 18.2 Å². The summed E-state index contributed by atoms with van der Waals surface area (Å²) in [6.07, 6.45) is 0. The minimum atomic E-state index is 0.773. The van der Waals surface area contributed by atoms with Gasteiger partial charge in [-0.1, -0.05) is 6.07 Å². The van der Waals surface area contributed by atoms with Crippen molar-refractivity contribution < 1.29 is 0 Å². The molecule has 12 heavy (non-hydrogen) atoms. The maximum Gasteiger partial charge on any atom is 0.0722 e. The molecule has 1 aromatic carbocycles. The van der Waals surface area contributed by atoms with Crippen molar-refractivity contribution >= 4 is 11.4 Å². The Morgan fingerprint density at radius 3 is 2.58 bits per heavy atom. The second kappa shape index (κ2) is 3.45. The highest BCUT2D eigenvalue weighted by Gasteiger charge is 1.98. The lowest BCUT2D eigenvalue weighted by molar-refractivity contribution is 0.495. The lowest BCUT2D eigenvalue weighted by Crippen LogP contribution is -2.20. The summed E-state index contributed by atoms with van der Waals surface area (Å²) in [6, 6.07) is 5.92. The summed E-state index contributed by atoms with van der Waals surface area (Å²) in [7, 11) is 3.86. The average Bonchev–Trinajstić information content (AvgIpc) is 1.96. The molecule has 0 heterocycles. The van der Waals surface area contributed by atoms with Crippen LogP contribution in [0.2, 0.25) is 0 Å². The number of hydrogen-bond donors (Lipinski definition) is 2. The van der Waals surface area contributed by atoms with Crippen LogP contribution in [0.5, 0.6) is 0 Å². The first-order chi connectivity index (χ1) is 5.59. The fourth-order valence-electron chi connectivity index (χ4n) is 1.01. The molecule has 0 bridgehead atoms. The molecule has 1 rings (SSSR count). The largest absolute Gasteiger partial charge is 0.397 e. The molecule has 0 aliphatic carbocycles. The van der Waals surface area contributed by atoms with Gasteiger partial charge in [0.05, 0.1) is 11.4 Å². The molecule has 0 aromatic heterocycles. The van der Waals surface area contributed by atoms with Crippen LogP contribution in [-0.4, -0.2) is 19.1 Å². The van der Waals surface area contributed by atoms with Crippen molar-refractivity contribution in [1.29, 1.82) is 0 Å². The molecular formula is C9H15N3. The first-order valence-corrected chi connectivity index (χ1v) is 3.89. The van der Waals surface area contributed by atoms with Gasteiger partial charge in [-0.15, -0.1) is 0 Å². The first-order valence-electron chi connectivity index (χ1n) is 3.89. The van der Waals surface area contributed by atoms with Gasteiger partial charge in [-0.3, -0.25) is 0 Å². The zero-order valence-electron chi connectivity index (χ0n) is 7.76. The van der Waals surface area contributed by atoms with Crippen molar-refractivity contribution in [2.24, 2.45) is 0 Å². The Kier molecular flexibility index (Phi) is 2.55. The topological polar surface area (TPSA) is 41.3 Å². The van der Waals surface area contributed by atoms with Crippen molar-refractivity contribution in [1.82, 2.24) is 5.01 Å². The number of nitrogen functional groups attached to an aromatic ring is 1. The van der Waals surface area contributed by atoms with Gasteiger partial charge >= 0.3 is 0 Å². The second-order valence-corrected chi connectivity index (χ2v) is 3.10. The van der Waals surface area contributed by atoms with Crippen molar-refractivity contribution in [2.75, 3.05) is 25.3 Å². The Bertz CT molecular complexity index is 268. The van der Waals surface area contributed by atoms with E-state index < -0.39 is 0 Å². The number of nitrogens with two attached hydrogens (primary N) is 1. The van der Waals surface area contributed by atoms with Gasteiger partial charge in [-0.05, 0) is 24.6 Å². The van der Waals surface area contributed by atoms with E-state index in [9.17, 15) is 0 Å². The highest BCUT2D eigenvalue weighted by Crippen LogP contribution is 2.19. The fraction of sp³-hybridized carbons (Fsp3) is 0.333. The van der Waals surface area contributed by atoms with Crippen LogP contribution in [0.4, 0.5) is 11.4 Å². The normalized spacial score (nSPS) is 10.3. The van der Waals surface area contributed by atoms with E-state index in [1.807, 2.05) is 44.2 Å². The van der Waals surface area contributed by atoms with Crippen LogP contribution in [0.25, 0.3) is 0 Å². The summed E-state index contributed by atoms with van der Waals surface area (Å²) >= 11 is 0. The van der Waals surface area contributed by atoms with Crippen LogP contribution < -0.4 is 11.2 Å². The third kappa shape index (κ3) is 2.13. The molecule has 3 N–H and O–H groups in total. The van der Waals surface area contributed by atoms with Gasteiger partial charge in [0.25, 0.3) is 0 Å². The standard InChI is InChI=1S/C9H15N3/c1-7-4-5-8(10)9(6-7)11-12(2)3/h4-6,11H,10H2,1-3H3. The molecule has 0 saturated heterocycles. The quantitative estimate of drug-likeness (QED) is 0.515. The Morgan fingerprint density at radius 2 is 2.00 bits per heavy atom. The molecule has 0 unspecified atom stereocenters. The molecule has 0 fully saturated rings. The molecule has 3 nitrogen and oxygen atoms in total. The molecule has 1 aromatic rings. The highest BCUT2D eigenvalue weighted by atomic mass is 15.5. The predicted molar refractivity (Wildman–Crippen MR) is 52.9 cm³/mol. The zero-order chi connectivity index (χ0) is 9.14. The molecule has 66 valence electrons. The predicted octanol–water partition coefficient (Wildman–Crippen LogP) is 1.47. The van der Waals surface area contributed by atoms with Gasteiger partial charge in [0, 0.05) is 14.1 Å². The van der Waals surface area contributed by atoms with Crippen molar-refractivity contribution in [3.05, 3.63) is 23.8 Å². The van der Waals surface area contributed by atoms with E-state index in [2.05, 4.69) is 5.43 Å². The molecule has 0 amide bonds. The van der Waals surface area contributed by atoms with E-state index in [4.69, 9.17) is 5.73 Å². The van der Waals surface area contributed by atoms with E-state index in [0.29, 0.717) is 0 Å². The molecule has 3 heteroatoms. The number of hydrazine groups is 1. The Morgan fingerprint density at radius 1 is 1.33 bits per heavy atom. The monoisotopic (exact) mass is 165 g/mol. The molecule has 0 atom stereocenters. The molecular weight excluding hydrogens is 150 g/mol. The summed E-state index contributed by atoms with van der Waals surface area (Å²) < 4.78 is 0. The highest BCUT2D eigenvalue weighted by molar-refractivity contribution is 5.66. The van der Waals surface area contributed by atoms with Gasteiger partial charge < -0.3 is 11.2 Å². The third-order valence-electron chi connectivity index (χ3n) is 1.55. The number of anilines is 2. The summed E-state index contributed by atoms with van der Waals surface area (Å²) in [4.78, 5) is 0. The summed E-state index contributed by atoms with van der Waals surface area (Å²) in [5.74, 6) is 0.